The van der Waals surface area contributed by atoms with Gasteiger partial charge in [0.25, 0.3) is 6.47 Å². The van der Waals surface area contributed by atoms with E-state index in [1.807, 2.05) is 23.9 Å². The molecule has 142 valence electrons. The van der Waals surface area contributed by atoms with Crippen LogP contribution in [-0.2, 0) is 31.2 Å². The molecule has 1 N–H and O–H groups in total. The lowest BCUT2D eigenvalue weighted by Crippen LogP contribution is -2.26. The fourth-order valence-corrected chi connectivity index (χ4v) is 3.63. The van der Waals surface area contributed by atoms with Gasteiger partial charge in [0.2, 0.25) is 0 Å². The van der Waals surface area contributed by atoms with Gasteiger partial charge in [-0.25, -0.2) is 0 Å². The summed E-state index contributed by atoms with van der Waals surface area (Å²) in [6.07, 6.45) is 2.00. The van der Waals surface area contributed by atoms with E-state index in [2.05, 4.69) is 29.2 Å². The van der Waals surface area contributed by atoms with Crippen LogP contribution in [0.15, 0.2) is 46.9 Å². The maximum atomic E-state index is 8.36. The van der Waals surface area contributed by atoms with Gasteiger partial charge < -0.3 is 9.52 Å². The van der Waals surface area contributed by atoms with E-state index < -0.39 is 0 Å². The van der Waals surface area contributed by atoms with Crippen LogP contribution in [0.1, 0.15) is 17.0 Å². The van der Waals surface area contributed by atoms with Gasteiger partial charge in [0.05, 0.1) is 12.2 Å². The highest BCUT2D eigenvalue weighted by Gasteiger charge is 2.22. The average Bonchev–Trinajstić information content (AvgIpc) is 3.13. The number of carbonyl (C=O) groups is 1. The van der Waals surface area contributed by atoms with E-state index in [0.29, 0.717) is 5.22 Å². The molecule has 27 heavy (non-hydrogen) atoms. The first-order valence-electron chi connectivity index (χ1n) is 8.77. The summed E-state index contributed by atoms with van der Waals surface area (Å²) >= 11 is 5.88. The molecule has 0 saturated carbocycles. The van der Waals surface area contributed by atoms with E-state index >= 15 is 0 Å². The quantitative estimate of drug-likeness (QED) is 0.695. The van der Waals surface area contributed by atoms with Crippen molar-refractivity contribution < 1.29 is 14.3 Å². The number of nitrogens with zero attached hydrogens (tertiary/aromatic N) is 3. The number of halogens is 1. The third-order valence-electron chi connectivity index (χ3n) is 4.67. The molecular weight excluding hydrogens is 366 g/mol. The lowest BCUT2D eigenvalue weighted by Gasteiger charge is -2.18. The van der Waals surface area contributed by atoms with Crippen molar-refractivity contribution in [3.8, 4) is 11.3 Å². The summed E-state index contributed by atoms with van der Waals surface area (Å²) in [5.41, 5.74) is 5.04. The highest BCUT2D eigenvalue weighted by molar-refractivity contribution is 6.28. The summed E-state index contributed by atoms with van der Waals surface area (Å²) in [6.45, 7) is 2.55. The summed E-state index contributed by atoms with van der Waals surface area (Å²) in [5.74, 6) is 0.923. The number of aryl methyl sites for hydroxylation is 1. The summed E-state index contributed by atoms with van der Waals surface area (Å²) in [7, 11) is 2.05. The monoisotopic (exact) mass is 387 g/mol. The smallest absolute Gasteiger partial charge is 0.290 e. The Hall–Kier alpha value is -2.57. The number of aromatic nitrogens is 2. The maximum Gasteiger partial charge on any atom is 0.290 e. The van der Waals surface area contributed by atoms with Crippen molar-refractivity contribution in [3.05, 3.63) is 64.7 Å². The molecule has 0 radical (unpaired) electrons. The zero-order chi connectivity index (χ0) is 19.2. The van der Waals surface area contributed by atoms with E-state index in [4.69, 9.17) is 31.0 Å². The van der Waals surface area contributed by atoms with Crippen molar-refractivity contribution in [1.82, 2.24) is 14.7 Å². The first kappa shape index (κ1) is 19.2. The predicted molar refractivity (Wildman–Crippen MR) is 104 cm³/mol. The van der Waals surface area contributed by atoms with Crippen molar-refractivity contribution >= 4 is 18.1 Å². The molecule has 0 spiro atoms. The Morgan fingerprint density at radius 2 is 1.89 bits per heavy atom. The number of fused-ring (bicyclic) bond motifs is 1. The fourth-order valence-electron chi connectivity index (χ4n) is 3.47. The molecule has 3 aromatic rings. The highest BCUT2D eigenvalue weighted by Crippen LogP contribution is 2.28. The van der Waals surface area contributed by atoms with E-state index in [0.717, 1.165) is 43.9 Å². The molecule has 0 unspecified atom stereocenters. The van der Waals surface area contributed by atoms with Crippen LogP contribution in [0.4, 0.5) is 0 Å². The summed E-state index contributed by atoms with van der Waals surface area (Å²) in [6, 6.07) is 14.2. The maximum absolute atomic E-state index is 8.36. The lowest BCUT2D eigenvalue weighted by atomic mass is 10.0. The van der Waals surface area contributed by atoms with Gasteiger partial charge >= 0.3 is 0 Å². The fraction of sp³-hybridized carbons (Fsp3) is 0.300. The average molecular weight is 388 g/mol. The minimum Gasteiger partial charge on any atom is -0.483 e. The van der Waals surface area contributed by atoms with Crippen molar-refractivity contribution in [1.29, 1.82) is 0 Å². The Labute approximate surface area is 163 Å². The van der Waals surface area contributed by atoms with E-state index in [9.17, 15) is 0 Å². The first-order valence-corrected chi connectivity index (χ1v) is 9.14. The SMILES string of the molecule is Cn1nc(-c2ccccc2)c2c1CCN(Cc1ccc(Cl)o1)CC2.O=CO. The lowest BCUT2D eigenvalue weighted by molar-refractivity contribution is -0.122. The van der Waals surface area contributed by atoms with Gasteiger partial charge in [-0.05, 0) is 30.2 Å². The van der Waals surface area contributed by atoms with Crippen LogP contribution < -0.4 is 0 Å². The highest BCUT2D eigenvalue weighted by atomic mass is 35.5. The topological polar surface area (TPSA) is 71.5 Å². The number of hydrogen-bond donors (Lipinski definition) is 1. The van der Waals surface area contributed by atoms with Crippen molar-refractivity contribution in [2.45, 2.75) is 19.4 Å². The largest absolute Gasteiger partial charge is 0.483 e. The molecule has 1 aliphatic rings. The minimum atomic E-state index is -0.250. The third-order valence-corrected chi connectivity index (χ3v) is 4.88. The molecule has 2 aromatic heterocycles. The summed E-state index contributed by atoms with van der Waals surface area (Å²) < 4.78 is 7.56. The Bertz CT molecular complexity index is 889. The van der Waals surface area contributed by atoms with E-state index in [1.165, 1.54) is 16.8 Å². The normalized spacial score (nSPS) is 14.0. The second-order valence-electron chi connectivity index (χ2n) is 6.35. The third kappa shape index (κ3) is 4.59. The Balaban J connectivity index is 0.000000659. The number of furan rings is 1. The standard InChI is InChI=1S/C19H20ClN3O.CH2O2/c1-22-17-10-12-23(13-15-7-8-18(20)24-15)11-9-16(17)19(21-22)14-5-3-2-4-6-14;2-1-3/h2-8H,9-13H2,1H3;1H,(H,2,3). The van der Waals surface area contributed by atoms with E-state index in [-0.39, 0.29) is 6.47 Å². The molecule has 4 rings (SSSR count). The second kappa shape index (κ2) is 8.88. The molecule has 0 atom stereocenters. The van der Waals surface area contributed by atoms with Crippen LogP contribution in [0.2, 0.25) is 5.22 Å². The van der Waals surface area contributed by atoms with Gasteiger partial charge in [0, 0.05) is 43.4 Å². The Kier molecular flexibility index (Phi) is 6.32. The molecule has 0 aliphatic carbocycles. The predicted octanol–water partition coefficient (Wildman–Crippen LogP) is 3.64. The van der Waals surface area contributed by atoms with Gasteiger partial charge in [-0.15, -0.1) is 0 Å². The molecular formula is C20H22ClN3O3. The number of carboxylic acid groups (broad SMARTS) is 1. The molecule has 7 heteroatoms. The zero-order valence-electron chi connectivity index (χ0n) is 15.1. The van der Waals surface area contributed by atoms with Crippen LogP contribution in [-0.4, -0.2) is 39.3 Å². The Morgan fingerprint density at radius 3 is 2.56 bits per heavy atom. The van der Waals surface area contributed by atoms with Gasteiger partial charge in [-0.3, -0.25) is 14.4 Å². The minimum absolute atomic E-state index is 0.250. The molecule has 3 heterocycles. The number of hydrogen-bond acceptors (Lipinski definition) is 4. The molecule has 6 nitrogen and oxygen atoms in total. The molecule has 0 saturated heterocycles. The zero-order valence-corrected chi connectivity index (χ0v) is 15.9. The number of rotatable bonds is 3. The molecule has 0 fully saturated rings. The molecule has 1 aliphatic heterocycles. The molecule has 1 aromatic carbocycles. The number of benzene rings is 1. The van der Waals surface area contributed by atoms with Crippen molar-refractivity contribution in [2.24, 2.45) is 7.05 Å². The van der Waals surface area contributed by atoms with Crippen LogP contribution >= 0.6 is 11.6 Å². The van der Waals surface area contributed by atoms with E-state index in [1.54, 1.807) is 6.07 Å². The summed E-state index contributed by atoms with van der Waals surface area (Å²) in [4.78, 5) is 10.8. The van der Waals surface area contributed by atoms with Crippen LogP contribution in [0.5, 0.6) is 0 Å². The Morgan fingerprint density at radius 1 is 1.19 bits per heavy atom. The van der Waals surface area contributed by atoms with Crippen molar-refractivity contribution in [3.63, 3.8) is 0 Å². The molecule has 0 bridgehead atoms. The van der Waals surface area contributed by atoms with Gasteiger partial charge in [-0.2, -0.15) is 5.10 Å². The van der Waals surface area contributed by atoms with Crippen LogP contribution in [0, 0.1) is 0 Å². The first-order chi connectivity index (χ1) is 13.1. The van der Waals surface area contributed by atoms with Crippen LogP contribution in [0.3, 0.4) is 0 Å². The van der Waals surface area contributed by atoms with Crippen molar-refractivity contribution in [2.75, 3.05) is 13.1 Å². The van der Waals surface area contributed by atoms with Crippen LogP contribution in [0.25, 0.3) is 11.3 Å². The molecule has 0 amide bonds. The van der Waals surface area contributed by atoms with Gasteiger partial charge in [0.15, 0.2) is 5.22 Å². The van der Waals surface area contributed by atoms with Gasteiger partial charge in [0.1, 0.15) is 5.76 Å². The summed E-state index contributed by atoms with van der Waals surface area (Å²) in [5, 5.41) is 12.1. The van der Waals surface area contributed by atoms with Gasteiger partial charge in [-0.1, -0.05) is 30.3 Å². The second-order valence-corrected chi connectivity index (χ2v) is 6.72.